The second kappa shape index (κ2) is 8.89. The van der Waals surface area contributed by atoms with Crippen molar-refractivity contribution in [3.8, 4) is 0 Å². The lowest BCUT2D eigenvalue weighted by atomic mass is 10.0. The Morgan fingerprint density at radius 3 is 2.71 bits per heavy atom. The van der Waals surface area contributed by atoms with Gasteiger partial charge in [0.2, 0.25) is 5.91 Å². The molecule has 160 valence electrons. The van der Waals surface area contributed by atoms with Crippen molar-refractivity contribution >= 4 is 28.9 Å². The zero-order valence-electron chi connectivity index (χ0n) is 18.0. The van der Waals surface area contributed by atoms with Crippen LogP contribution in [-0.4, -0.2) is 32.4 Å². The first-order valence-corrected chi connectivity index (χ1v) is 10.8. The van der Waals surface area contributed by atoms with E-state index >= 15 is 0 Å². The summed E-state index contributed by atoms with van der Waals surface area (Å²) in [5, 5.41) is 7.09. The van der Waals surface area contributed by atoms with E-state index < -0.39 is 0 Å². The van der Waals surface area contributed by atoms with Gasteiger partial charge in [0, 0.05) is 36.2 Å². The van der Waals surface area contributed by atoms with Crippen molar-refractivity contribution in [2.24, 2.45) is 0 Å². The molecule has 0 bridgehead atoms. The van der Waals surface area contributed by atoms with E-state index in [1.165, 1.54) is 0 Å². The number of aromatic nitrogens is 2. The van der Waals surface area contributed by atoms with Crippen LogP contribution in [0.3, 0.4) is 0 Å². The molecule has 1 saturated heterocycles. The average Bonchev–Trinajstić information content (AvgIpc) is 3.32. The second-order valence-corrected chi connectivity index (χ2v) is 8.42. The molecule has 1 aliphatic heterocycles. The topological polar surface area (TPSA) is 73.1 Å². The SMILES string of the molecule is Cc1ccc(C)c(NC(=O)CCN2C(=S)NC(c3ccccn3)C2c2ccc(C)[nH]2)c1. The Hall–Kier alpha value is -3.19. The molecule has 7 heteroatoms. The molecule has 6 nitrogen and oxygen atoms in total. The number of carbonyl (C=O) groups is 1. The third kappa shape index (κ3) is 4.61. The fraction of sp³-hybridized carbons (Fsp3) is 0.292. The van der Waals surface area contributed by atoms with Crippen LogP contribution in [-0.2, 0) is 4.79 Å². The molecule has 3 heterocycles. The van der Waals surface area contributed by atoms with Gasteiger partial charge in [0.1, 0.15) is 0 Å². The summed E-state index contributed by atoms with van der Waals surface area (Å²) < 4.78 is 0. The van der Waals surface area contributed by atoms with E-state index in [2.05, 4.69) is 37.6 Å². The van der Waals surface area contributed by atoms with Gasteiger partial charge in [-0.1, -0.05) is 18.2 Å². The highest BCUT2D eigenvalue weighted by atomic mass is 32.1. The van der Waals surface area contributed by atoms with Crippen LogP contribution in [0.2, 0.25) is 0 Å². The Labute approximate surface area is 188 Å². The molecule has 1 amide bonds. The maximum atomic E-state index is 12.7. The van der Waals surface area contributed by atoms with Crippen LogP contribution in [0.4, 0.5) is 5.69 Å². The van der Waals surface area contributed by atoms with Crippen molar-refractivity contribution in [1.82, 2.24) is 20.2 Å². The minimum absolute atomic E-state index is 0.0285. The molecule has 31 heavy (non-hydrogen) atoms. The maximum absolute atomic E-state index is 12.7. The Balaban J connectivity index is 1.52. The zero-order chi connectivity index (χ0) is 22.0. The molecule has 2 aromatic heterocycles. The van der Waals surface area contributed by atoms with Gasteiger partial charge < -0.3 is 20.5 Å². The quantitative estimate of drug-likeness (QED) is 0.505. The van der Waals surface area contributed by atoms with E-state index in [0.717, 1.165) is 33.9 Å². The number of aryl methyl sites for hydroxylation is 3. The Bertz CT molecular complexity index is 1090. The summed E-state index contributed by atoms with van der Waals surface area (Å²) in [5.41, 5.74) is 6.08. The van der Waals surface area contributed by atoms with Gasteiger partial charge in [-0.2, -0.15) is 0 Å². The van der Waals surface area contributed by atoms with Crippen LogP contribution in [0.1, 0.15) is 46.7 Å². The highest BCUT2D eigenvalue weighted by Gasteiger charge is 2.40. The largest absolute Gasteiger partial charge is 0.361 e. The summed E-state index contributed by atoms with van der Waals surface area (Å²) in [4.78, 5) is 22.8. The number of rotatable bonds is 6. The second-order valence-electron chi connectivity index (χ2n) is 8.03. The van der Waals surface area contributed by atoms with Gasteiger partial charge in [-0.3, -0.25) is 9.78 Å². The number of hydrogen-bond donors (Lipinski definition) is 3. The molecule has 0 aliphatic carbocycles. The first kappa shape index (κ1) is 21.1. The number of pyridine rings is 1. The molecule has 0 radical (unpaired) electrons. The van der Waals surface area contributed by atoms with Crippen LogP contribution in [0.25, 0.3) is 0 Å². The Morgan fingerprint density at radius 1 is 1.16 bits per heavy atom. The minimum atomic E-state index is -0.0890. The number of hydrogen-bond acceptors (Lipinski definition) is 3. The monoisotopic (exact) mass is 433 g/mol. The van der Waals surface area contributed by atoms with Crippen molar-refractivity contribution in [2.75, 3.05) is 11.9 Å². The fourth-order valence-corrected chi connectivity index (χ4v) is 4.32. The van der Waals surface area contributed by atoms with Crippen molar-refractivity contribution in [1.29, 1.82) is 0 Å². The predicted molar refractivity (Wildman–Crippen MR) is 127 cm³/mol. The summed E-state index contributed by atoms with van der Waals surface area (Å²) in [6, 6.07) is 15.9. The number of anilines is 1. The molecule has 0 saturated carbocycles. The summed E-state index contributed by atoms with van der Waals surface area (Å²) in [7, 11) is 0. The van der Waals surface area contributed by atoms with E-state index in [1.54, 1.807) is 6.20 Å². The zero-order valence-corrected chi connectivity index (χ0v) is 18.8. The molecule has 2 atom stereocenters. The molecule has 3 aromatic rings. The normalized spacial score (nSPS) is 18.2. The van der Waals surface area contributed by atoms with E-state index in [4.69, 9.17) is 12.2 Å². The molecule has 1 aromatic carbocycles. The lowest BCUT2D eigenvalue weighted by molar-refractivity contribution is -0.116. The number of nitrogens with one attached hydrogen (secondary N) is 3. The summed E-state index contributed by atoms with van der Waals surface area (Å²) in [6.07, 6.45) is 2.12. The van der Waals surface area contributed by atoms with Crippen LogP contribution in [0, 0.1) is 20.8 Å². The van der Waals surface area contributed by atoms with Gasteiger partial charge in [0.25, 0.3) is 0 Å². The summed E-state index contributed by atoms with van der Waals surface area (Å²) in [5.74, 6) is -0.0285. The van der Waals surface area contributed by atoms with Crippen molar-refractivity contribution in [3.63, 3.8) is 0 Å². The van der Waals surface area contributed by atoms with E-state index in [0.29, 0.717) is 18.1 Å². The first-order chi connectivity index (χ1) is 14.9. The van der Waals surface area contributed by atoms with E-state index in [1.807, 2.05) is 57.2 Å². The first-order valence-electron chi connectivity index (χ1n) is 10.4. The van der Waals surface area contributed by atoms with Crippen LogP contribution >= 0.6 is 12.2 Å². The third-order valence-corrected chi connectivity index (χ3v) is 5.97. The van der Waals surface area contributed by atoms with Gasteiger partial charge in [-0.05, 0) is 74.4 Å². The highest BCUT2D eigenvalue weighted by molar-refractivity contribution is 7.80. The molecular weight excluding hydrogens is 406 g/mol. The molecule has 3 N–H and O–H groups in total. The van der Waals surface area contributed by atoms with Gasteiger partial charge in [-0.25, -0.2) is 0 Å². The number of H-pyrrole nitrogens is 1. The molecular formula is C24H27N5OS. The van der Waals surface area contributed by atoms with Crippen molar-refractivity contribution in [3.05, 3.63) is 82.9 Å². The van der Waals surface area contributed by atoms with Gasteiger partial charge in [0.05, 0.1) is 17.8 Å². The van der Waals surface area contributed by atoms with Gasteiger partial charge >= 0.3 is 0 Å². The molecule has 1 aliphatic rings. The summed E-state index contributed by atoms with van der Waals surface area (Å²) >= 11 is 5.66. The molecule has 2 unspecified atom stereocenters. The van der Waals surface area contributed by atoms with E-state index in [9.17, 15) is 4.79 Å². The standard InChI is InChI=1S/C24H27N5OS/c1-15-7-8-16(2)20(14-15)27-21(30)11-13-29-23(19-10-9-17(3)26-19)22(28-24(29)31)18-6-4-5-12-25-18/h4-10,12,14,22-23,26H,11,13H2,1-3H3,(H,27,30)(H,28,31). The number of benzene rings is 1. The number of thiocarbonyl (C=S) groups is 1. The minimum Gasteiger partial charge on any atom is -0.361 e. The average molecular weight is 434 g/mol. The number of carbonyl (C=O) groups excluding carboxylic acids is 1. The van der Waals surface area contributed by atoms with Crippen LogP contribution in [0.15, 0.2) is 54.7 Å². The molecule has 0 spiro atoms. The highest BCUT2D eigenvalue weighted by Crippen LogP contribution is 2.38. The van der Waals surface area contributed by atoms with Crippen LogP contribution < -0.4 is 10.6 Å². The fourth-order valence-electron chi connectivity index (χ4n) is 3.99. The van der Waals surface area contributed by atoms with E-state index in [-0.39, 0.29) is 18.0 Å². The smallest absolute Gasteiger partial charge is 0.226 e. The Kier molecular flexibility index (Phi) is 6.04. The summed E-state index contributed by atoms with van der Waals surface area (Å²) in [6.45, 7) is 6.55. The predicted octanol–water partition coefficient (Wildman–Crippen LogP) is 4.34. The van der Waals surface area contributed by atoms with Gasteiger partial charge in [0.15, 0.2) is 5.11 Å². The molecule has 4 rings (SSSR count). The van der Waals surface area contributed by atoms with Crippen molar-refractivity contribution < 1.29 is 4.79 Å². The lowest BCUT2D eigenvalue weighted by Crippen LogP contribution is -2.32. The number of aromatic amines is 1. The lowest BCUT2D eigenvalue weighted by Gasteiger charge is -2.27. The Morgan fingerprint density at radius 2 is 2.00 bits per heavy atom. The molecule has 1 fully saturated rings. The number of nitrogens with zero attached hydrogens (tertiary/aromatic N) is 2. The van der Waals surface area contributed by atoms with Crippen LogP contribution in [0.5, 0.6) is 0 Å². The number of amides is 1. The van der Waals surface area contributed by atoms with Crippen molar-refractivity contribution in [2.45, 2.75) is 39.3 Å². The third-order valence-electron chi connectivity index (χ3n) is 5.62. The van der Waals surface area contributed by atoms with Gasteiger partial charge in [-0.15, -0.1) is 0 Å². The maximum Gasteiger partial charge on any atom is 0.226 e.